The van der Waals surface area contributed by atoms with E-state index in [1.165, 1.54) is 24.3 Å². The van der Waals surface area contributed by atoms with Crippen LogP contribution in [0.15, 0.2) is 64.0 Å². The van der Waals surface area contributed by atoms with Crippen LogP contribution < -0.4 is 0 Å². The molecule has 0 N–H and O–H groups in total. The first-order valence-corrected chi connectivity index (χ1v) is 11.3. The van der Waals surface area contributed by atoms with Crippen LogP contribution in [0.25, 0.3) is 11.4 Å². The molecule has 0 spiro atoms. The molecule has 0 unspecified atom stereocenters. The molecular formula is C21H18F3N3O4S. The Morgan fingerprint density at radius 1 is 1.09 bits per heavy atom. The van der Waals surface area contributed by atoms with Crippen molar-refractivity contribution in [2.45, 2.75) is 29.2 Å². The number of hydrogen-bond acceptors (Lipinski definition) is 6. The van der Waals surface area contributed by atoms with Crippen molar-refractivity contribution in [3.8, 4) is 11.4 Å². The van der Waals surface area contributed by atoms with Crippen molar-refractivity contribution in [3.05, 3.63) is 66.1 Å². The largest absolute Gasteiger partial charge is 0.471 e. The predicted octanol–water partition coefficient (Wildman–Crippen LogP) is 3.37. The molecule has 1 aliphatic heterocycles. The van der Waals surface area contributed by atoms with Crippen LogP contribution in [0.1, 0.15) is 17.9 Å². The summed E-state index contributed by atoms with van der Waals surface area (Å²) in [5.74, 6) is -1.91. The topological polar surface area (TPSA) is 93.4 Å². The lowest BCUT2D eigenvalue weighted by atomic mass is 10.1. The Hall–Kier alpha value is -3.21. The van der Waals surface area contributed by atoms with Crippen LogP contribution in [-0.2, 0) is 27.2 Å². The molecule has 11 heteroatoms. The zero-order valence-electron chi connectivity index (χ0n) is 16.6. The van der Waals surface area contributed by atoms with Crippen molar-refractivity contribution in [1.82, 2.24) is 15.0 Å². The number of halogens is 3. The molecule has 0 saturated carbocycles. The van der Waals surface area contributed by atoms with Crippen LogP contribution in [0.4, 0.5) is 13.2 Å². The first kappa shape index (κ1) is 22.0. The Labute approximate surface area is 181 Å². The van der Waals surface area contributed by atoms with Crippen molar-refractivity contribution < 1.29 is 30.9 Å². The van der Waals surface area contributed by atoms with E-state index in [2.05, 4.69) is 14.7 Å². The van der Waals surface area contributed by atoms with Gasteiger partial charge >= 0.3 is 12.1 Å². The highest BCUT2D eigenvalue weighted by Gasteiger charge is 2.39. The van der Waals surface area contributed by atoms with Gasteiger partial charge in [-0.2, -0.15) is 18.2 Å². The summed E-state index contributed by atoms with van der Waals surface area (Å²) in [6, 6.07) is 14.4. The van der Waals surface area contributed by atoms with Gasteiger partial charge in [0.15, 0.2) is 9.84 Å². The third kappa shape index (κ3) is 4.52. The molecule has 1 aliphatic rings. The molecule has 1 aromatic heterocycles. The van der Waals surface area contributed by atoms with Gasteiger partial charge in [0.25, 0.3) is 0 Å². The first-order chi connectivity index (χ1) is 15.1. The van der Waals surface area contributed by atoms with Gasteiger partial charge in [-0.25, -0.2) is 8.42 Å². The molecule has 0 bridgehead atoms. The predicted molar refractivity (Wildman–Crippen MR) is 107 cm³/mol. The summed E-state index contributed by atoms with van der Waals surface area (Å²) in [4.78, 5) is 17.4. The number of likely N-dealkylation sites (tertiary alicyclic amines) is 1. The number of sulfone groups is 1. The highest BCUT2D eigenvalue weighted by atomic mass is 32.2. The minimum Gasteiger partial charge on any atom is -0.341 e. The number of rotatable bonds is 5. The maximum Gasteiger partial charge on any atom is 0.471 e. The van der Waals surface area contributed by atoms with E-state index in [0.717, 1.165) is 5.56 Å². The van der Waals surface area contributed by atoms with E-state index in [1.54, 1.807) is 4.90 Å². The highest BCUT2D eigenvalue weighted by molar-refractivity contribution is 7.92. The molecule has 1 amide bonds. The standard InChI is InChI=1S/C21H18F3N3O4S/c22-21(23,24)20-25-19(26-31-20)15-6-8-16(9-7-15)32(29,30)17-10-11-27(13-17)18(28)12-14-4-2-1-3-5-14/h1-9,17H,10-13H2/t17-/m1/s1. The Bertz CT molecular complexity index is 1210. The zero-order valence-corrected chi connectivity index (χ0v) is 17.4. The molecule has 0 aliphatic carbocycles. The normalized spacial score (nSPS) is 17.0. The monoisotopic (exact) mass is 465 g/mol. The molecule has 2 aromatic carbocycles. The molecule has 7 nitrogen and oxygen atoms in total. The number of hydrogen-bond donors (Lipinski definition) is 0. The third-order valence-electron chi connectivity index (χ3n) is 5.24. The molecule has 4 rings (SSSR count). The van der Waals surface area contributed by atoms with Crippen molar-refractivity contribution >= 4 is 15.7 Å². The van der Waals surface area contributed by atoms with E-state index in [4.69, 9.17) is 0 Å². The van der Waals surface area contributed by atoms with Crippen LogP contribution in [0.5, 0.6) is 0 Å². The Morgan fingerprint density at radius 3 is 2.41 bits per heavy atom. The summed E-state index contributed by atoms with van der Waals surface area (Å²) in [6.07, 6.45) is -4.25. The van der Waals surface area contributed by atoms with E-state index in [-0.39, 0.29) is 35.2 Å². The lowest BCUT2D eigenvalue weighted by Gasteiger charge is -2.17. The van der Waals surface area contributed by atoms with Crippen molar-refractivity contribution in [3.63, 3.8) is 0 Å². The molecule has 1 saturated heterocycles. The van der Waals surface area contributed by atoms with Crippen LogP contribution in [-0.4, -0.2) is 47.7 Å². The minimum atomic E-state index is -4.76. The van der Waals surface area contributed by atoms with Crippen molar-refractivity contribution in [1.29, 1.82) is 0 Å². The Kier molecular flexibility index (Phi) is 5.76. The summed E-state index contributed by atoms with van der Waals surface area (Å²) >= 11 is 0. The van der Waals surface area contributed by atoms with E-state index < -0.39 is 27.2 Å². The molecule has 3 aromatic rings. The maximum absolute atomic E-state index is 13.0. The summed E-state index contributed by atoms with van der Waals surface area (Å²) in [7, 11) is -3.73. The van der Waals surface area contributed by atoms with E-state index in [1.807, 2.05) is 30.3 Å². The smallest absolute Gasteiger partial charge is 0.341 e. The van der Waals surface area contributed by atoms with E-state index in [9.17, 15) is 26.4 Å². The van der Waals surface area contributed by atoms with Gasteiger partial charge in [-0.15, -0.1) is 0 Å². The van der Waals surface area contributed by atoms with Crippen LogP contribution in [0.2, 0.25) is 0 Å². The van der Waals surface area contributed by atoms with Gasteiger partial charge in [-0.1, -0.05) is 35.5 Å². The number of carbonyl (C=O) groups excluding carboxylic acids is 1. The van der Waals surface area contributed by atoms with Crippen LogP contribution in [0.3, 0.4) is 0 Å². The molecule has 1 atom stereocenters. The lowest BCUT2D eigenvalue weighted by molar-refractivity contribution is -0.159. The number of amides is 1. The molecule has 0 radical (unpaired) electrons. The second-order valence-corrected chi connectivity index (χ2v) is 9.63. The summed E-state index contributed by atoms with van der Waals surface area (Å²) in [5.41, 5.74) is 1.05. The van der Waals surface area contributed by atoms with E-state index >= 15 is 0 Å². The van der Waals surface area contributed by atoms with Gasteiger partial charge in [0, 0.05) is 18.7 Å². The number of nitrogens with zero attached hydrogens (tertiary/aromatic N) is 3. The van der Waals surface area contributed by atoms with Gasteiger partial charge in [0.1, 0.15) is 0 Å². The fraction of sp³-hybridized carbons (Fsp3) is 0.286. The third-order valence-corrected chi connectivity index (χ3v) is 7.44. The number of carbonyl (C=O) groups is 1. The van der Waals surface area contributed by atoms with Crippen LogP contribution >= 0.6 is 0 Å². The fourth-order valence-corrected chi connectivity index (χ4v) is 5.22. The SMILES string of the molecule is O=C(Cc1ccccc1)N1CC[C@@H](S(=O)(=O)c2ccc(-c3noc(C(F)(F)F)n3)cc2)C1. The fourth-order valence-electron chi connectivity index (χ4n) is 3.53. The second-order valence-electron chi connectivity index (χ2n) is 7.40. The average molecular weight is 465 g/mol. The van der Waals surface area contributed by atoms with Gasteiger partial charge in [-0.3, -0.25) is 4.79 Å². The zero-order chi connectivity index (χ0) is 22.9. The molecule has 32 heavy (non-hydrogen) atoms. The van der Waals surface area contributed by atoms with Gasteiger partial charge in [-0.05, 0) is 36.2 Å². The molecule has 2 heterocycles. The molecule has 168 valence electrons. The number of benzene rings is 2. The van der Waals surface area contributed by atoms with Crippen LogP contribution in [0, 0.1) is 0 Å². The summed E-state index contributed by atoms with van der Waals surface area (Å²) in [6.45, 7) is 0.437. The summed E-state index contributed by atoms with van der Waals surface area (Å²) in [5, 5.41) is 2.53. The van der Waals surface area contributed by atoms with Crippen molar-refractivity contribution in [2.75, 3.05) is 13.1 Å². The van der Waals surface area contributed by atoms with Crippen molar-refractivity contribution in [2.24, 2.45) is 0 Å². The number of alkyl halides is 3. The maximum atomic E-state index is 13.0. The number of aromatic nitrogens is 2. The first-order valence-electron chi connectivity index (χ1n) is 9.71. The Morgan fingerprint density at radius 2 is 1.78 bits per heavy atom. The lowest BCUT2D eigenvalue weighted by Crippen LogP contribution is -2.32. The average Bonchev–Trinajstić information content (AvgIpc) is 3.45. The second kappa shape index (κ2) is 8.38. The highest BCUT2D eigenvalue weighted by Crippen LogP contribution is 2.30. The quantitative estimate of drug-likeness (QED) is 0.574. The van der Waals surface area contributed by atoms with Gasteiger partial charge in [0.05, 0.1) is 16.6 Å². The minimum absolute atomic E-state index is 0.0168. The Balaban J connectivity index is 1.44. The van der Waals surface area contributed by atoms with Gasteiger partial charge < -0.3 is 9.42 Å². The summed E-state index contributed by atoms with van der Waals surface area (Å²) < 4.78 is 68.1. The van der Waals surface area contributed by atoms with Gasteiger partial charge in [0.2, 0.25) is 11.7 Å². The molecule has 1 fully saturated rings. The van der Waals surface area contributed by atoms with E-state index in [0.29, 0.717) is 13.0 Å². The molecular weight excluding hydrogens is 447 g/mol.